The second kappa shape index (κ2) is 7.31. The first-order valence-corrected chi connectivity index (χ1v) is 9.79. The molecule has 3 amide bonds. The lowest BCUT2D eigenvalue weighted by molar-refractivity contribution is -0.163. The van der Waals surface area contributed by atoms with Crippen LogP contribution in [0.3, 0.4) is 0 Å². The number of rotatable bonds is 4. The summed E-state index contributed by atoms with van der Waals surface area (Å²) in [5.41, 5.74) is 3.07. The molecule has 2 aromatic heterocycles. The molecule has 31 heavy (non-hydrogen) atoms. The molecule has 2 aliphatic heterocycles. The Labute approximate surface area is 177 Å². The van der Waals surface area contributed by atoms with E-state index in [1.165, 1.54) is 5.01 Å². The molecule has 0 radical (unpaired) electrons. The number of piperidine rings is 1. The predicted octanol–water partition coefficient (Wildman–Crippen LogP) is 1.75. The Morgan fingerprint density at radius 3 is 2.58 bits per heavy atom. The van der Waals surface area contributed by atoms with Crippen LogP contribution in [-0.4, -0.2) is 54.8 Å². The summed E-state index contributed by atoms with van der Waals surface area (Å²) in [7, 11) is 1.58. The van der Waals surface area contributed by atoms with Crippen molar-refractivity contribution in [2.24, 2.45) is 0 Å². The summed E-state index contributed by atoms with van der Waals surface area (Å²) in [6.07, 6.45) is 4.40. The number of fused-ring (bicyclic) bond motifs is 1. The summed E-state index contributed by atoms with van der Waals surface area (Å²) in [5.74, 6) is -0.379. The minimum Gasteiger partial charge on any atom is -0.497 e. The lowest BCUT2D eigenvalue weighted by Gasteiger charge is -2.32. The maximum Gasteiger partial charge on any atom is 0.273 e. The zero-order valence-corrected chi connectivity index (χ0v) is 16.7. The normalized spacial score (nSPS) is 16.1. The quantitative estimate of drug-likeness (QED) is 0.594. The molecule has 5 rings (SSSR count). The topological polar surface area (TPSA) is 111 Å². The fourth-order valence-electron chi connectivity index (χ4n) is 3.79. The Balaban J connectivity index is 1.43. The molecule has 4 heterocycles. The van der Waals surface area contributed by atoms with E-state index in [0.717, 1.165) is 5.01 Å². The van der Waals surface area contributed by atoms with E-state index in [1.54, 1.807) is 48.5 Å². The third-order valence-electron chi connectivity index (χ3n) is 5.36. The van der Waals surface area contributed by atoms with Crippen LogP contribution >= 0.6 is 0 Å². The highest BCUT2D eigenvalue weighted by Gasteiger charge is 2.39. The lowest BCUT2D eigenvalue weighted by atomic mass is 10.1. The van der Waals surface area contributed by atoms with Crippen molar-refractivity contribution in [3.8, 4) is 22.8 Å². The molecule has 10 nitrogen and oxygen atoms in total. The molecule has 0 spiro atoms. The van der Waals surface area contributed by atoms with Crippen molar-refractivity contribution >= 4 is 17.7 Å². The predicted molar refractivity (Wildman–Crippen MR) is 107 cm³/mol. The SMILES string of the molecule is COc1ccnc(-c2cn(-c3ccc4c(c3)CN(N3C(=O)CCCC3=O)C4=O)nn2)c1. The summed E-state index contributed by atoms with van der Waals surface area (Å²) < 4.78 is 6.80. The van der Waals surface area contributed by atoms with Crippen LogP contribution in [0.25, 0.3) is 17.1 Å². The van der Waals surface area contributed by atoms with Crippen molar-refractivity contribution in [3.05, 3.63) is 53.9 Å². The minimum atomic E-state index is -0.356. The van der Waals surface area contributed by atoms with Crippen molar-refractivity contribution in [3.63, 3.8) is 0 Å². The molecule has 156 valence electrons. The Morgan fingerprint density at radius 2 is 1.81 bits per heavy atom. The second-order valence-electron chi connectivity index (χ2n) is 7.29. The third-order valence-corrected chi connectivity index (χ3v) is 5.36. The van der Waals surface area contributed by atoms with Gasteiger partial charge >= 0.3 is 0 Å². The van der Waals surface area contributed by atoms with Gasteiger partial charge in [-0.05, 0) is 36.2 Å². The molecule has 0 unspecified atom stereocenters. The number of pyridine rings is 1. The van der Waals surface area contributed by atoms with Gasteiger partial charge in [0.1, 0.15) is 11.4 Å². The van der Waals surface area contributed by atoms with Crippen molar-refractivity contribution in [2.45, 2.75) is 25.8 Å². The van der Waals surface area contributed by atoms with E-state index >= 15 is 0 Å². The molecule has 10 heteroatoms. The van der Waals surface area contributed by atoms with E-state index in [0.29, 0.717) is 40.4 Å². The summed E-state index contributed by atoms with van der Waals surface area (Å²) in [6, 6.07) is 8.74. The number of carbonyl (C=O) groups is 3. The first-order chi connectivity index (χ1) is 15.0. The van der Waals surface area contributed by atoms with Crippen molar-refractivity contribution in [2.75, 3.05) is 7.11 Å². The summed E-state index contributed by atoms with van der Waals surface area (Å²) in [6.45, 7) is 0.151. The molecule has 0 aliphatic carbocycles. The summed E-state index contributed by atoms with van der Waals surface area (Å²) in [5, 5.41) is 10.6. The number of nitrogens with zero attached hydrogens (tertiary/aromatic N) is 6. The maximum absolute atomic E-state index is 12.8. The number of benzene rings is 1. The van der Waals surface area contributed by atoms with Gasteiger partial charge in [-0.25, -0.2) is 9.69 Å². The highest BCUT2D eigenvalue weighted by molar-refractivity contribution is 6.04. The van der Waals surface area contributed by atoms with E-state index in [9.17, 15) is 14.4 Å². The fourth-order valence-corrected chi connectivity index (χ4v) is 3.79. The number of amides is 3. The van der Waals surface area contributed by atoms with Crippen molar-refractivity contribution < 1.29 is 19.1 Å². The zero-order valence-electron chi connectivity index (χ0n) is 16.7. The molecule has 0 N–H and O–H groups in total. The van der Waals surface area contributed by atoms with Crippen LogP contribution in [0.15, 0.2) is 42.7 Å². The highest BCUT2D eigenvalue weighted by atomic mass is 16.5. The number of ether oxygens (including phenoxy) is 1. The van der Waals surface area contributed by atoms with Gasteiger partial charge in [-0.2, -0.15) is 5.01 Å². The maximum atomic E-state index is 12.8. The van der Waals surface area contributed by atoms with E-state index in [-0.39, 0.29) is 37.1 Å². The lowest BCUT2D eigenvalue weighted by Crippen LogP contribution is -2.51. The fraction of sp³-hybridized carbons (Fsp3) is 0.238. The molecule has 0 bridgehead atoms. The number of imide groups is 1. The monoisotopic (exact) mass is 418 g/mol. The number of aromatic nitrogens is 4. The van der Waals surface area contributed by atoms with Gasteiger partial charge in [0.05, 0.1) is 31.2 Å². The molecule has 3 aromatic rings. The smallest absolute Gasteiger partial charge is 0.273 e. The van der Waals surface area contributed by atoms with Gasteiger partial charge in [0.2, 0.25) is 11.8 Å². The van der Waals surface area contributed by atoms with Gasteiger partial charge in [-0.3, -0.25) is 19.4 Å². The van der Waals surface area contributed by atoms with Crippen molar-refractivity contribution in [1.29, 1.82) is 0 Å². The van der Waals surface area contributed by atoms with Crippen LogP contribution < -0.4 is 4.74 Å². The van der Waals surface area contributed by atoms with Crippen LogP contribution in [0, 0.1) is 0 Å². The van der Waals surface area contributed by atoms with Crippen LogP contribution in [-0.2, 0) is 16.1 Å². The number of carbonyl (C=O) groups excluding carboxylic acids is 3. The van der Waals surface area contributed by atoms with E-state index in [1.807, 2.05) is 6.07 Å². The molecule has 2 aliphatic rings. The van der Waals surface area contributed by atoms with Gasteiger partial charge in [0, 0.05) is 30.7 Å². The number of hydrogen-bond donors (Lipinski definition) is 0. The van der Waals surface area contributed by atoms with Gasteiger partial charge in [0.15, 0.2) is 0 Å². The summed E-state index contributed by atoms with van der Waals surface area (Å²) >= 11 is 0. The first kappa shape index (κ1) is 18.9. The zero-order chi connectivity index (χ0) is 21.5. The number of methoxy groups -OCH3 is 1. The first-order valence-electron chi connectivity index (χ1n) is 9.79. The Morgan fingerprint density at radius 1 is 1.00 bits per heavy atom. The minimum absolute atomic E-state index is 0.151. The largest absolute Gasteiger partial charge is 0.497 e. The summed E-state index contributed by atoms with van der Waals surface area (Å²) in [4.78, 5) is 41.6. The average molecular weight is 418 g/mol. The molecular weight excluding hydrogens is 400 g/mol. The standard InChI is InChI=1S/C21H18N6O4/c1-31-15-7-8-22-17(10-15)18-12-25(24-23-18)14-5-6-16-13(9-14)11-26(21(16)30)27-19(28)3-2-4-20(27)29/h5-10,12H,2-4,11H2,1H3. The molecule has 0 saturated carbocycles. The number of hydrogen-bond acceptors (Lipinski definition) is 7. The number of hydrazine groups is 1. The van der Waals surface area contributed by atoms with E-state index in [2.05, 4.69) is 15.3 Å². The van der Waals surface area contributed by atoms with Gasteiger partial charge in [0.25, 0.3) is 5.91 Å². The Hall–Kier alpha value is -4.08. The van der Waals surface area contributed by atoms with Gasteiger partial charge < -0.3 is 4.74 Å². The highest BCUT2D eigenvalue weighted by Crippen LogP contribution is 2.29. The molecule has 0 atom stereocenters. The van der Waals surface area contributed by atoms with Crippen molar-refractivity contribution in [1.82, 2.24) is 30.0 Å². The average Bonchev–Trinajstić information content (AvgIpc) is 3.39. The van der Waals surface area contributed by atoms with Crippen LogP contribution in [0.2, 0.25) is 0 Å². The van der Waals surface area contributed by atoms with E-state index in [4.69, 9.17) is 4.74 Å². The Bertz CT molecular complexity index is 1200. The molecular formula is C21H18N6O4. The molecule has 1 saturated heterocycles. The van der Waals surface area contributed by atoms with Crippen LogP contribution in [0.5, 0.6) is 5.75 Å². The van der Waals surface area contributed by atoms with Gasteiger partial charge in [-0.15, -0.1) is 5.10 Å². The Kier molecular flexibility index (Phi) is 4.46. The molecule has 1 fully saturated rings. The molecule has 1 aromatic carbocycles. The van der Waals surface area contributed by atoms with Crippen LogP contribution in [0.1, 0.15) is 35.2 Å². The van der Waals surface area contributed by atoms with Crippen LogP contribution in [0.4, 0.5) is 0 Å². The van der Waals surface area contributed by atoms with E-state index < -0.39 is 0 Å². The third kappa shape index (κ3) is 3.21. The second-order valence-corrected chi connectivity index (χ2v) is 7.29. The van der Waals surface area contributed by atoms with Gasteiger partial charge in [-0.1, -0.05) is 5.21 Å².